The molecule has 1 fully saturated rings. The van der Waals surface area contributed by atoms with Crippen molar-refractivity contribution >= 4 is 11.8 Å². The Morgan fingerprint density at radius 2 is 2.42 bits per heavy atom. The number of carboxylic acid groups (broad SMARTS) is 1. The van der Waals surface area contributed by atoms with Gasteiger partial charge >= 0.3 is 5.97 Å². The van der Waals surface area contributed by atoms with Crippen LogP contribution in [0.2, 0.25) is 0 Å². The molecule has 0 saturated carbocycles. The Hall–Kier alpha value is -1.62. The van der Waals surface area contributed by atoms with Crippen LogP contribution in [0.15, 0.2) is 18.2 Å². The van der Waals surface area contributed by atoms with E-state index in [1.54, 1.807) is 0 Å². The summed E-state index contributed by atoms with van der Waals surface area (Å²) in [6.45, 7) is 5.52. The maximum atomic E-state index is 10.5. The lowest BCUT2D eigenvalue weighted by atomic mass is 10.1. The first-order valence-corrected chi connectivity index (χ1v) is 6.75. The molecule has 0 radical (unpaired) electrons. The van der Waals surface area contributed by atoms with Gasteiger partial charge in [0.25, 0.3) is 0 Å². The molecule has 104 valence electrons. The number of nitrogens with one attached hydrogen (secondary N) is 1. The van der Waals surface area contributed by atoms with Gasteiger partial charge in [0.2, 0.25) is 0 Å². The van der Waals surface area contributed by atoms with Gasteiger partial charge in [-0.05, 0) is 37.9 Å². The van der Waals surface area contributed by atoms with Gasteiger partial charge in [-0.1, -0.05) is 6.07 Å². The van der Waals surface area contributed by atoms with E-state index in [1.165, 1.54) is 0 Å². The molecule has 5 heteroatoms. The zero-order valence-corrected chi connectivity index (χ0v) is 11.3. The lowest BCUT2D eigenvalue weighted by molar-refractivity contribution is -0.137. The van der Waals surface area contributed by atoms with Crippen molar-refractivity contribution in [1.82, 2.24) is 9.88 Å². The number of aliphatic carboxylic acids is 1. The normalized spacial score (nSPS) is 19.5. The van der Waals surface area contributed by atoms with E-state index >= 15 is 0 Å². The van der Waals surface area contributed by atoms with Gasteiger partial charge in [-0.15, -0.1) is 0 Å². The minimum atomic E-state index is -0.717. The second-order valence-electron chi connectivity index (χ2n) is 5.14. The topological polar surface area (TPSA) is 65.5 Å². The Morgan fingerprint density at radius 1 is 1.58 bits per heavy atom. The van der Waals surface area contributed by atoms with Crippen molar-refractivity contribution in [2.45, 2.75) is 19.8 Å². The summed E-state index contributed by atoms with van der Waals surface area (Å²) >= 11 is 0. The summed E-state index contributed by atoms with van der Waals surface area (Å²) in [5.74, 6) is 0.783. The number of likely N-dealkylation sites (tertiary alicyclic amines) is 1. The molecule has 1 saturated heterocycles. The molecule has 1 aliphatic rings. The molecule has 0 spiro atoms. The predicted molar refractivity (Wildman–Crippen MR) is 74.3 cm³/mol. The highest BCUT2D eigenvalue weighted by molar-refractivity contribution is 5.66. The number of anilines is 1. The lowest BCUT2D eigenvalue weighted by Gasteiger charge is -2.15. The van der Waals surface area contributed by atoms with Crippen LogP contribution in [0.4, 0.5) is 5.82 Å². The summed E-state index contributed by atoms with van der Waals surface area (Å²) < 4.78 is 0. The first kappa shape index (κ1) is 13.8. The largest absolute Gasteiger partial charge is 0.481 e. The van der Waals surface area contributed by atoms with Gasteiger partial charge in [-0.25, -0.2) is 4.98 Å². The Balaban J connectivity index is 1.72. The Morgan fingerprint density at radius 3 is 3.16 bits per heavy atom. The summed E-state index contributed by atoms with van der Waals surface area (Å²) in [7, 11) is 0. The number of carbonyl (C=O) groups is 1. The van der Waals surface area contributed by atoms with Crippen molar-refractivity contribution in [3.63, 3.8) is 0 Å². The minimum Gasteiger partial charge on any atom is -0.481 e. The third-order valence-electron chi connectivity index (χ3n) is 3.47. The van der Waals surface area contributed by atoms with Crippen LogP contribution in [-0.4, -0.2) is 47.1 Å². The van der Waals surface area contributed by atoms with Gasteiger partial charge in [-0.3, -0.25) is 4.79 Å². The van der Waals surface area contributed by atoms with E-state index in [0.717, 1.165) is 37.6 Å². The molecule has 0 aliphatic carbocycles. The van der Waals surface area contributed by atoms with Crippen molar-refractivity contribution in [2.24, 2.45) is 5.92 Å². The van der Waals surface area contributed by atoms with Crippen LogP contribution < -0.4 is 5.32 Å². The molecule has 1 atom stereocenters. The molecule has 2 rings (SSSR count). The van der Waals surface area contributed by atoms with Crippen molar-refractivity contribution < 1.29 is 9.90 Å². The van der Waals surface area contributed by atoms with E-state index in [2.05, 4.69) is 15.2 Å². The van der Waals surface area contributed by atoms with Gasteiger partial charge in [0.05, 0.1) is 6.42 Å². The Kier molecular flexibility index (Phi) is 4.74. The number of hydrogen-bond donors (Lipinski definition) is 2. The summed E-state index contributed by atoms with van der Waals surface area (Å²) in [6.07, 6.45) is 1.36. The average molecular weight is 263 g/mol. The molecular formula is C14H21N3O2. The maximum Gasteiger partial charge on any atom is 0.304 e. The Bertz CT molecular complexity index is 436. The van der Waals surface area contributed by atoms with E-state index in [9.17, 15) is 4.79 Å². The molecule has 2 heterocycles. The number of aryl methyl sites for hydroxylation is 1. The summed E-state index contributed by atoms with van der Waals surface area (Å²) in [5.41, 5.74) is 1.01. The average Bonchev–Trinajstić information content (AvgIpc) is 2.82. The van der Waals surface area contributed by atoms with Gasteiger partial charge < -0.3 is 15.3 Å². The van der Waals surface area contributed by atoms with Crippen molar-refractivity contribution in [1.29, 1.82) is 0 Å². The lowest BCUT2D eigenvalue weighted by Crippen LogP contribution is -2.25. The van der Waals surface area contributed by atoms with E-state index < -0.39 is 5.97 Å². The zero-order chi connectivity index (χ0) is 13.7. The molecule has 0 bridgehead atoms. The fourth-order valence-corrected chi connectivity index (χ4v) is 2.43. The second kappa shape index (κ2) is 6.52. The molecule has 1 unspecified atom stereocenters. The van der Waals surface area contributed by atoms with Crippen molar-refractivity contribution in [3.05, 3.63) is 23.9 Å². The first-order valence-electron chi connectivity index (χ1n) is 6.75. The number of nitrogens with zero attached hydrogens (tertiary/aromatic N) is 2. The van der Waals surface area contributed by atoms with Gasteiger partial charge in [-0.2, -0.15) is 0 Å². The third kappa shape index (κ3) is 4.52. The quantitative estimate of drug-likeness (QED) is 0.816. The SMILES string of the molecule is Cc1cccc(NCC2CCN(CCC(=O)O)C2)n1. The number of aromatic nitrogens is 1. The fourth-order valence-electron chi connectivity index (χ4n) is 2.43. The van der Waals surface area contributed by atoms with E-state index in [-0.39, 0.29) is 6.42 Å². The van der Waals surface area contributed by atoms with Gasteiger partial charge in [0, 0.05) is 25.3 Å². The van der Waals surface area contributed by atoms with Crippen molar-refractivity contribution in [2.75, 3.05) is 31.5 Å². The molecule has 1 aliphatic heterocycles. The van der Waals surface area contributed by atoms with E-state index in [1.807, 2.05) is 25.1 Å². The highest BCUT2D eigenvalue weighted by Gasteiger charge is 2.22. The molecule has 1 aromatic rings. The maximum absolute atomic E-state index is 10.5. The summed E-state index contributed by atoms with van der Waals surface area (Å²) in [6, 6.07) is 5.96. The Labute approximate surface area is 113 Å². The van der Waals surface area contributed by atoms with E-state index in [0.29, 0.717) is 12.5 Å². The zero-order valence-electron chi connectivity index (χ0n) is 11.3. The van der Waals surface area contributed by atoms with Gasteiger partial charge in [0.1, 0.15) is 5.82 Å². The number of rotatable bonds is 6. The first-order chi connectivity index (χ1) is 9.13. The highest BCUT2D eigenvalue weighted by atomic mass is 16.4. The van der Waals surface area contributed by atoms with Crippen LogP contribution in [0, 0.1) is 12.8 Å². The predicted octanol–water partition coefficient (Wildman–Crippen LogP) is 1.60. The van der Waals surface area contributed by atoms with Crippen LogP contribution in [-0.2, 0) is 4.79 Å². The molecule has 0 aromatic carbocycles. The van der Waals surface area contributed by atoms with E-state index in [4.69, 9.17) is 5.11 Å². The smallest absolute Gasteiger partial charge is 0.304 e. The number of hydrogen-bond acceptors (Lipinski definition) is 4. The van der Waals surface area contributed by atoms with Crippen LogP contribution in [0.5, 0.6) is 0 Å². The monoisotopic (exact) mass is 263 g/mol. The molecular weight excluding hydrogens is 242 g/mol. The molecule has 5 nitrogen and oxygen atoms in total. The van der Waals surface area contributed by atoms with Crippen LogP contribution >= 0.6 is 0 Å². The summed E-state index contributed by atoms with van der Waals surface area (Å²) in [5, 5.41) is 12.0. The van der Waals surface area contributed by atoms with Crippen LogP contribution in [0.3, 0.4) is 0 Å². The fraction of sp³-hybridized carbons (Fsp3) is 0.571. The highest BCUT2D eigenvalue weighted by Crippen LogP contribution is 2.17. The van der Waals surface area contributed by atoms with Gasteiger partial charge in [0.15, 0.2) is 0 Å². The molecule has 1 aromatic heterocycles. The second-order valence-corrected chi connectivity index (χ2v) is 5.14. The molecule has 2 N–H and O–H groups in total. The number of pyridine rings is 1. The van der Waals surface area contributed by atoms with Crippen molar-refractivity contribution in [3.8, 4) is 0 Å². The molecule has 19 heavy (non-hydrogen) atoms. The third-order valence-corrected chi connectivity index (χ3v) is 3.47. The molecule has 0 amide bonds. The standard InChI is InChI=1S/C14H21N3O2/c1-11-3-2-4-13(16-11)15-9-12-5-7-17(10-12)8-6-14(18)19/h2-4,12H,5-10H2,1H3,(H,15,16)(H,18,19). The summed E-state index contributed by atoms with van der Waals surface area (Å²) in [4.78, 5) is 17.2. The number of carboxylic acids is 1. The van der Waals surface area contributed by atoms with Crippen LogP contribution in [0.25, 0.3) is 0 Å². The van der Waals surface area contributed by atoms with Crippen LogP contribution in [0.1, 0.15) is 18.5 Å². The minimum absolute atomic E-state index is 0.236.